The molecule has 3 rings (SSSR count). The van der Waals surface area contributed by atoms with E-state index in [1.54, 1.807) is 17.1 Å². The largest absolute Gasteiger partial charge is 0.366 e. The van der Waals surface area contributed by atoms with Crippen LogP contribution in [0.3, 0.4) is 0 Å². The highest BCUT2D eigenvalue weighted by Gasteiger charge is 2.27. The molecule has 0 aromatic carbocycles. The SMILES string of the molecule is C[C@H](C(=O)N1CCC(Nc2cccnn2)CC1)n1cccn1. The molecule has 0 radical (unpaired) electrons. The van der Waals surface area contributed by atoms with Gasteiger partial charge in [0.2, 0.25) is 5.91 Å². The Hall–Kier alpha value is -2.44. The monoisotopic (exact) mass is 300 g/mol. The van der Waals surface area contributed by atoms with Gasteiger partial charge in [0.25, 0.3) is 0 Å². The number of nitrogens with zero attached hydrogens (tertiary/aromatic N) is 5. The number of amides is 1. The summed E-state index contributed by atoms with van der Waals surface area (Å²) in [6, 6.07) is 5.69. The molecule has 1 saturated heterocycles. The van der Waals surface area contributed by atoms with Crippen molar-refractivity contribution < 1.29 is 4.79 Å². The third-order valence-electron chi connectivity index (χ3n) is 4.01. The van der Waals surface area contributed by atoms with E-state index in [9.17, 15) is 4.79 Å². The van der Waals surface area contributed by atoms with Crippen molar-refractivity contribution in [1.29, 1.82) is 0 Å². The molecule has 0 spiro atoms. The number of likely N-dealkylation sites (tertiary alicyclic amines) is 1. The lowest BCUT2D eigenvalue weighted by Crippen LogP contribution is -2.44. The van der Waals surface area contributed by atoms with Crippen molar-refractivity contribution in [3.8, 4) is 0 Å². The van der Waals surface area contributed by atoms with Crippen LogP contribution in [0.5, 0.6) is 0 Å². The summed E-state index contributed by atoms with van der Waals surface area (Å²) in [5.74, 6) is 0.916. The molecule has 7 heteroatoms. The Labute approximate surface area is 129 Å². The van der Waals surface area contributed by atoms with Gasteiger partial charge < -0.3 is 10.2 Å². The van der Waals surface area contributed by atoms with Crippen molar-refractivity contribution in [1.82, 2.24) is 24.9 Å². The van der Waals surface area contributed by atoms with Crippen molar-refractivity contribution in [3.05, 3.63) is 36.8 Å². The van der Waals surface area contributed by atoms with E-state index in [0.29, 0.717) is 6.04 Å². The second kappa shape index (κ2) is 6.55. The van der Waals surface area contributed by atoms with E-state index in [4.69, 9.17) is 0 Å². The first kappa shape index (κ1) is 14.5. The smallest absolute Gasteiger partial charge is 0.247 e. The summed E-state index contributed by atoms with van der Waals surface area (Å²) in [4.78, 5) is 14.4. The van der Waals surface area contributed by atoms with Gasteiger partial charge in [-0.1, -0.05) is 0 Å². The third kappa shape index (κ3) is 3.24. The maximum atomic E-state index is 12.5. The van der Waals surface area contributed by atoms with Gasteiger partial charge in [0.15, 0.2) is 0 Å². The molecule has 1 fully saturated rings. The zero-order valence-corrected chi connectivity index (χ0v) is 12.6. The lowest BCUT2D eigenvalue weighted by molar-refractivity contribution is -0.135. The minimum atomic E-state index is -0.250. The predicted molar refractivity (Wildman–Crippen MR) is 82.2 cm³/mol. The molecular formula is C15H20N6O. The maximum absolute atomic E-state index is 12.5. The Bertz CT molecular complexity index is 592. The van der Waals surface area contributed by atoms with E-state index in [2.05, 4.69) is 20.6 Å². The number of rotatable bonds is 4. The van der Waals surface area contributed by atoms with Crippen LogP contribution in [0.25, 0.3) is 0 Å². The Morgan fingerprint density at radius 3 is 2.77 bits per heavy atom. The van der Waals surface area contributed by atoms with Crippen molar-refractivity contribution in [3.63, 3.8) is 0 Å². The van der Waals surface area contributed by atoms with E-state index in [-0.39, 0.29) is 11.9 Å². The Kier molecular flexibility index (Phi) is 4.32. The third-order valence-corrected chi connectivity index (χ3v) is 4.01. The van der Waals surface area contributed by atoms with Crippen LogP contribution in [-0.4, -0.2) is 49.9 Å². The molecule has 116 valence electrons. The van der Waals surface area contributed by atoms with E-state index in [1.807, 2.05) is 36.2 Å². The number of hydrogen-bond acceptors (Lipinski definition) is 5. The van der Waals surface area contributed by atoms with Gasteiger partial charge in [-0.05, 0) is 38.0 Å². The molecule has 1 aliphatic rings. The molecule has 0 aliphatic carbocycles. The van der Waals surface area contributed by atoms with Gasteiger partial charge in [0.05, 0.1) is 0 Å². The molecule has 0 unspecified atom stereocenters. The van der Waals surface area contributed by atoms with Crippen LogP contribution in [0, 0.1) is 0 Å². The van der Waals surface area contributed by atoms with Crippen LogP contribution in [0.15, 0.2) is 36.8 Å². The van der Waals surface area contributed by atoms with Crippen LogP contribution in [0.4, 0.5) is 5.82 Å². The molecule has 1 atom stereocenters. The average molecular weight is 300 g/mol. The molecule has 22 heavy (non-hydrogen) atoms. The molecule has 0 bridgehead atoms. The summed E-state index contributed by atoms with van der Waals surface area (Å²) in [6.07, 6.45) is 7.00. The highest BCUT2D eigenvalue weighted by molar-refractivity contribution is 5.80. The van der Waals surface area contributed by atoms with Crippen LogP contribution in [0.2, 0.25) is 0 Å². The predicted octanol–water partition coefficient (Wildman–Crippen LogP) is 1.34. The summed E-state index contributed by atoms with van der Waals surface area (Å²) in [7, 11) is 0. The van der Waals surface area contributed by atoms with Crippen molar-refractivity contribution in [2.24, 2.45) is 0 Å². The summed E-state index contributed by atoms with van der Waals surface area (Å²) in [5, 5.41) is 15.4. The van der Waals surface area contributed by atoms with E-state index in [0.717, 1.165) is 31.7 Å². The Balaban J connectivity index is 1.52. The van der Waals surface area contributed by atoms with Crippen molar-refractivity contribution in [2.45, 2.75) is 31.8 Å². The number of nitrogens with one attached hydrogen (secondary N) is 1. The number of carbonyl (C=O) groups excluding carboxylic acids is 1. The van der Waals surface area contributed by atoms with E-state index in [1.165, 1.54) is 0 Å². The molecule has 3 heterocycles. The minimum Gasteiger partial charge on any atom is -0.366 e. The second-order valence-electron chi connectivity index (χ2n) is 5.51. The van der Waals surface area contributed by atoms with Gasteiger partial charge >= 0.3 is 0 Å². The van der Waals surface area contributed by atoms with E-state index >= 15 is 0 Å². The molecule has 1 N–H and O–H groups in total. The lowest BCUT2D eigenvalue weighted by Gasteiger charge is -2.34. The van der Waals surface area contributed by atoms with Crippen LogP contribution >= 0.6 is 0 Å². The molecule has 1 amide bonds. The van der Waals surface area contributed by atoms with Crippen LogP contribution in [0.1, 0.15) is 25.8 Å². The number of anilines is 1. The van der Waals surface area contributed by atoms with Gasteiger partial charge in [0, 0.05) is 37.7 Å². The first-order valence-corrected chi connectivity index (χ1v) is 7.56. The summed E-state index contributed by atoms with van der Waals surface area (Å²) in [5.41, 5.74) is 0. The lowest BCUT2D eigenvalue weighted by atomic mass is 10.0. The van der Waals surface area contributed by atoms with Gasteiger partial charge in [-0.2, -0.15) is 10.2 Å². The fourth-order valence-electron chi connectivity index (χ4n) is 2.72. The number of piperidine rings is 1. The van der Waals surface area contributed by atoms with Crippen molar-refractivity contribution >= 4 is 11.7 Å². The molecule has 1 aliphatic heterocycles. The highest BCUT2D eigenvalue weighted by atomic mass is 16.2. The molecular weight excluding hydrogens is 280 g/mol. The normalized spacial score (nSPS) is 17.2. The zero-order chi connectivity index (χ0) is 15.4. The summed E-state index contributed by atoms with van der Waals surface area (Å²) < 4.78 is 1.70. The second-order valence-corrected chi connectivity index (χ2v) is 5.51. The first-order valence-electron chi connectivity index (χ1n) is 7.56. The van der Waals surface area contributed by atoms with E-state index < -0.39 is 0 Å². The zero-order valence-electron chi connectivity index (χ0n) is 12.6. The number of aromatic nitrogens is 4. The standard InChI is InChI=1S/C15H20N6O/c1-12(21-9-3-8-17-21)15(22)20-10-5-13(6-11-20)18-14-4-2-7-16-19-14/h2-4,7-9,12-13H,5-6,10-11H2,1H3,(H,18,19)/t12-/m1/s1. The fraction of sp³-hybridized carbons (Fsp3) is 0.467. The minimum absolute atomic E-state index is 0.127. The van der Waals surface area contributed by atoms with Crippen molar-refractivity contribution in [2.75, 3.05) is 18.4 Å². The van der Waals surface area contributed by atoms with Crippen LogP contribution < -0.4 is 5.32 Å². The number of carbonyl (C=O) groups is 1. The average Bonchev–Trinajstić information content (AvgIpc) is 3.10. The fourth-order valence-corrected chi connectivity index (χ4v) is 2.72. The molecule has 2 aromatic rings. The van der Waals surface area contributed by atoms with Crippen LogP contribution in [-0.2, 0) is 4.79 Å². The van der Waals surface area contributed by atoms with Gasteiger partial charge in [0.1, 0.15) is 11.9 Å². The Morgan fingerprint density at radius 1 is 1.32 bits per heavy atom. The topological polar surface area (TPSA) is 75.9 Å². The first-order chi connectivity index (χ1) is 10.7. The Morgan fingerprint density at radius 2 is 2.14 bits per heavy atom. The highest BCUT2D eigenvalue weighted by Crippen LogP contribution is 2.18. The van der Waals surface area contributed by atoms with Gasteiger partial charge in [-0.15, -0.1) is 5.10 Å². The van der Waals surface area contributed by atoms with Gasteiger partial charge in [-0.3, -0.25) is 9.48 Å². The maximum Gasteiger partial charge on any atom is 0.247 e. The van der Waals surface area contributed by atoms with Gasteiger partial charge in [-0.25, -0.2) is 0 Å². The quantitative estimate of drug-likeness (QED) is 0.922. The summed E-state index contributed by atoms with van der Waals surface area (Å²) in [6.45, 7) is 3.39. The molecule has 0 saturated carbocycles. The molecule has 7 nitrogen and oxygen atoms in total. The number of hydrogen-bond donors (Lipinski definition) is 1. The molecule has 2 aromatic heterocycles. The summed E-state index contributed by atoms with van der Waals surface area (Å²) >= 11 is 0.